The van der Waals surface area contributed by atoms with Crippen LogP contribution in [-0.2, 0) is 17.8 Å². The summed E-state index contributed by atoms with van der Waals surface area (Å²) in [6.45, 7) is 4.48. The molecule has 1 N–H and O–H groups in total. The van der Waals surface area contributed by atoms with Crippen molar-refractivity contribution >= 4 is 40.9 Å². The van der Waals surface area contributed by atoms with E-state index in [0.29, 0.717) is 39.4 Å². The zero-order valence-corrected chi connectivity index (χ0v) is 20.4. The van der Waals surface area contributed by atoms with Crippen LogP contribution in [0.2, 0.25) is 10.0 Å². The maximum Gasteiger partial charge on any atom is 0.266 e. The number of aryl methyl sites for hydroxylation is 1. The Labute approximate surface area is 209 Å². The van der Waals surface area contributed by atoms with Gasteiger partial charge in [-0.05, 0) is 66.4 Å². The van der Waals surface area contributed by atoms with Crippen LogP contribution in [0.3, 0.4) is 0 Å². The summed E-state index contributed by atoms with van der Waals surface area (Å²) in [6, 6.07) is 20.1. The van der Waals surface area contributed by atoms with Crippen molar-refractivity contribution in [2.45, 2.75) is 26.9 Å². The van der Waals surface area contributed by atoms with Crippen LogP contribution in [0.15, 0.2) is 66.2 Å². The highest BCUT2D eigenvalue weighted by Gasteiger charge is 2.15. The molecule has 174 valence electrons. The first-order valence-corrected chi connectivity index (χ1v) is 11.5. The number of carbonyl (C=O) groups excluding carboxylic acids is 1. The summed E-state index contributed by atoms with van der Waals surface area (Å²) in [7, 11) is 0. The van der Waals surface area contributed by atoms with Gasteiger partial charge in [0.15, 0.2) is 11.5 Å². The first-order chi connectivity index (χ1) is 16.4. The number of hydrogen-bond acceptors (Lipinski definition) is 4. The molecule has 0 aliphatic rings. The van der Waals surface area contributed by atoms with Gasteiger partial charge in [-0.2, -0.15) is 5.26 Å². The Bertz CT molecular complexity index is 1250. The summed E-state index contributed by atoms with van der Waals surface area (Å²) in [6.07, 6.45) is 2.23. The van der Waals surface area contributed by atoms with Gasteiger partial charge in [0.1, 0.15) is 18.2 Å². The van der Waals surface area contributed by atoms with Crippen LogP contribution < -0.4 is 14.8 Å². The summed E-state index contributed by atoms with van der Waals surface area (Å²) in [5.41, 5.74) is 3.02. The zero-order valence-electron chi connectivity index (χ0n) is 18.9. The molecule has 0 heterocycles. The fourth-order valence-electron chi connectivity index (χ4n) is 3.31. The molecule has 1 amide bonds. The number of hydrogen-bond donors (Lipinski definition) is 1. The molecule has 34 heavy (non-hydrogen) atoms. The highest BCUT2D eigenvalue weighted by molar-refractivity contribution is 6.32. The standard InChI is InChI=1S/C27H24Cl2N2O3/c1-3-20-9-5-6-11-24(20)31-27(32)21(16-30)12-19-14-23(29)26(25(15-19)33-4-2)34-17-18-8-7-10-22(28)13-18/h5-15H,3-4,17H2,1-2H3,(H,31,32)/b21-12+. The Morgan fingerprint density at radius 1 is 1.06 bits per heavy atom. The molecule has 0 saturated carbocycles. The minimum absolute atomic E-state index is 0.0583. The lowest BCUT2D eigenvalue weighted by Gasteiger charge is -2.15. The van der Waals surface area contributed by atoms with Crippen LogP contribution in [0.25, 0.3) is 6.08 Å². The molecular formula is C27H24Cl2N2O3. The second-order valence-electron chi connectivity index (χ2n) is 7.32. The van der Waals surface area contributed by atoms with Gasteiger partial charge in [0.25, 0.3) is 5.91 Å². The van der Waals surface area contributed by atoms with E-state index in [4.69, 9.17) is 32.7 Å². The summed E-state index contributed by atoms with van der Waals surface area (Å²) in [5, 5.41) is 13.3. The number of ether oxygens (including phenoxy) is 2. The van der Waals surface area contributed by atoms with Crippen molar-refractivity contribution in [1.29, 1.82) is 5.26 Å². The number of nitriles is 1. The number of rotatable bonds is 9. The Balaban J connectivity index is 1.86. The third kappa shape index (κ3) is 6.54. The number of anilines is 1. The second kappa shape index (κ2) is 12.1. The fourth-order valence-corrected chi connectivity index (χ4v) is 3.80. The number of carbonyl (C=O) groups is 1. The Morgan fingerprint density at radius 2 is 1.85 bits per heavy atom. The van der Waals surface area contributed by atoms with Crippen molar-refractivity contribution in [3.8, 4) is 17.6 Å². The van der Waals surface area contributed by atoms with Gasteiger partial charge in [-0.1, -0.05) is 60.5 Å². The van der Waals surface area contributed by atoms with Crippen LogP contribution >= 0.6 is 23.2 Å². The lowest BCUT2D eigenvalue weighted by atomic mass is 10.1. The number of halogens is 2. The minimum Gasteiger partial charge on any atom is -0.490 e. The van der Waals surface area contributed by atoms with Crippen molar-refractivity contribution in [3.05, 3.63) is 93.0 Å². The summed E-state index contributed by atoms with van der Waals surface area (Å²) >= 11 is 12.5. The van der Waals surface area contributed by atoms with E-state index in [9.17, 15) is 10.1 Å². The smallest absolute Gasteiger partial charge is 0.266 e. The average molecular weight is 495 g/mol. The third-order valence-electron chi connectivity index (χ3n) is 4.93. The monoisotopic (exact) mass is 494 g/mol. The molecule has 5 nitrogen and oxygen atoms in total. The molecule has 0 atom stereocenters. The van der Waals surface area contributed by atoms with Gasteiger partial charge in [-0.3, -0.25) is 4.79 Å². The zero-order chi connectivity index (χ0) is 24.5. The van der Waals surface area contributed by atoms with E-state index >= 15 is 0 Å². The summed E-state index contributed by atoms with van der Waals surface area (Å²) in [4.78, 5) is 12.8. The first-order valence-electron chi connectivity index (χ1n) is 10.8. The first kappa shape index (κ1) is 25.2. The van der Waals surface area contributed by atoms with Crippen LogP contribution in [0.1, 0.15) is 30.5 Å². The van der Waals surface area contributed by atoms with Crippen molar-refractivity contribution in [2.75, 3.05) is 11.9 Å². The van der Waals surface area contributed by atoms with E-state index < -0.39 is 5.91 Å². The third-order valence-corrected chi connectivity index (χ3v) is 5.44. The fraction of sp³-hybridized carbons (Fsp3) is 0.185. The van der Waals surface area contributed by atoms with Gasteiger partial charge in [0.05, 0.1) is 11.6 Å². The largest absolute Gasteiger partial charge is 0.490 e. The van der Waals surface area contributed by atoms with Crippen LogP contribution in [0.4, 0.5) is 5.69 Å². The maximum atomic E-state index is 12.8. The molecule has 0 fully saturated rings. The number of nitrogens with zero attached hydrogens (tertiary/aromatic N) is 1. The van der Waals surface area contributed by atoms with Crippen molar-refractivity contribution in [3.63, 3.8) is 0 Å². The molecule has 0 spiro atoms. The van der Waals surface area contributed by atoms with E-state index in [2.05, 4.69) is 5.32 Å². The van der Waals surface area contributed by atoms with Gasteiger partial charge < -0.3 is 14.8 Å². The second-order valence-corrected chi connectivity index (χ2v) is 8.16. The molecule has 3 rings (SSSR count). The lowest BCUT2D eigenvalue weighted by Crippen LogP contribution is -2.14. The van der Waals surface area contributed by atoms with E-state index in [1.165, 1.54) is 6.08 Å². The molecule has 0 bridgehead atoms. The topological polar surface area (TPSA) is 71.3 Å². The Kier molecular flexibility index (Phi) is 8.98. The van der Waals surface area contributed by atoms with Gasteiger partial charge in [-0.15, -0.1) is 0 Å². The lowest BCUT2D eigenvalue weighted by molar-refractivity contribution is -0.112. The quantitative estimate of drug-likeness (QED) is 0.254. The molecule has 0 unspecified atom stereocenters. The number of nitrogens with one attached hydrogen (secondary N) is 1. The van der Waals surface area contributed by atoms with E-state index in [1.807, 2.05) is 56.3 Å². The van der Waals surface area contributed by atoms with Gasteiger partial charge in [0, 0.05) is 10.7 Å². The Hall–Kier alpha value is -3.46. The van der Waals surface area contributed by atoms with Crippen molar-refractivity contribution in [1.82, 2.24) is 0 Å². The van der Waals surface area contributed by atoms with E-state index in [1.54, 1.807) is 24.3 Å². The molecule has 0 aromatic heterocycles. The summed E-state index contributed by atoms with van der Waals surface area (Å²) < 4.78 is 11.6. The number of para-hydroxylation sites is 1. The highest BCUT2D eigenvalue weighted by Crippen LogP contribution is 2.38. The molecule has 0 radical (unpaired) electrons. The minimum atomic E-state index is -0.501. The predicted octanol–water partition coefficient (Wildman–Crippen LogP) is 7.08. The van der Waals surface area contributed by atoms with Crippen molar-refractivity contribution < 1.29 is 14.3 Å². The number of amides is 1. The normalized spacial score (nSPS) is 11.0. The molecule has 0 aliphatic heterocycles. The van der Waals surface area contributed by atoms with E-state index in [-0.39, 0.29) is 12.2 Å². The highest BCUT2D eigenvalue weighted by atomic mass is 35.5. The Morgan fingerprint density at radius 3 is 2.56 bits per heavy atom. The summed E-state index contributed by atoms with van der Waals surface area (Å²) in [5.74, 6) is 0.288. The molecule has 0 aliphatic carbocycles. The molecule has 0 saturated heterocycles. The van der Waals surface area contributed by atoms with Crippen LogP contribution in [-0.4, -0.2) is 12.5 Å². The molecule has 7 heteroatoms. The SMILES string of the molecule is CCOc1cc(/C=C(\C#N)C(=O)Nc2ccccc2CC)cc(Cl)c1OCc1cccc(Cl)c1. The van der Waals surface area contributed by atoms with Gasteiger partial charge >= 0.3 is 0 Å². The molecule has 3 aromatic rings. The average Bonchev–Trinajstić information content (AvgIpc) is 2.82. The van der Waals surface area contributed by atoms with Crippen LogP contribution in [0.5, 0.6) is 11.5 Å². The molecule has 3 aromatic carbocycles. The molecular weight excluding hydrogens is 471 g/mol. The van der Waals surface area contributed by atoms with Crippen LogP contribution in [0, 0.1) is 11.3 Å². The van der Waals surface area contributed by atoms with E-state index in [0.717, 1.165) is 17.5 Å². The number of benzene rings is 3. The van der Waals surface area contributed by atoms with Crippen molar-refractivity contribution in [2.24, 2.45) is 0 Å². The van der Waals surface area contributed by atoms with Gasteiger partial charge in [0.2, 0.25) is 0 Å². The maximum absolute atomic E-state index is 12.8. The predicted molar refractivity (Wildman–Crippen MR) is 136 cm³/mol. The van der Waals surface area contributed by atoms with Gasteiger partial charge in [-0.25, -0.2) is 0 Å².